The highest BCUT2D eigenvalue weighted by atomic mass is 35.5. The van der Waals surface area contributed by atoms with Crippen molar-refractivity contribution in [3.8, 4) is 0 Å². The Kier molecular flexibility index (Phi) is 8.28. The van der Waals surface area contributed by atoms with Crippen LogP contribution in [0.4, 0.5) is 22.7 Å². The van der Waals surface area contributed by atoms with Gasteiger partial charge in [-0.3, -0.25) is 4.79 Å². The Morgan fingerprint density at radius 2 is 1.70 bits per heavy atom. The summed E-state index contributed by atoms with van der Waals surface area (Å²) in [4.78, 5) is 13.2. The molecule has 0 aliphatic carbocycles. The number of rotatable bonds is 9. The molecule has 0 fully saturated rings. The molecule has 0 saturated carbocycles. The number of hydrogen-bond acceptors (Lipinski definition) is 5. The van der Waals surface area contributed by atoms with Gasteiger partial charge in [0.25, 0.3) is 0 Å². The zero-order valence-electron chi connectivity index (χ0n) is 15.4. The summed E-state index contributed by atoms with van der Waals surface area (Å²) in [5.41, 5.74) is 3.34. The number of benzene rings is 2. The fourth-order valence-electron chi connectivity index (χ4n) is 2.10. The molecule has 0 bridgehead atoms. The van der Waals surface area contributed by atoms with Crippen LogP contribution >= 0.6 is 11.6 Å². The van der Waals surface area contributed by atoms with E-state index in [1.54, 1.807) is 0 Å². The van der Waals surface area contributed by atoms with Crippen molar-refractivity contribution < 1.29 is 10.1 Å². The van der Waals surface area contributed by atoms with Crippen molar-refractivity contribution in [3.63, 3.8) is 0 Å². The van der Waals surface area contributed by atoms with E-state index < -0.39 is 0 Å². The number of alkyl halides is 1. The van der Waals surface area contributed by atoms with Crippen LogP contribution in [0.1, 0.15) is 0 Å². The van der Waals surface area contributed by atoms with E-state index in [1.807, 2.05) is 85.2 Å². The summed E-state index contributed by atoms with van der Waals surface area (Å²) in [5.74, 6) is -0.290. The van der Waals surface area contributed by atoms with Crippen molar-refractivity contribution in [1.29, 1.82) is 0 Å². The number of carbonyl (C=O) groups is 1. The fraction of sp³-hybridized carbons (Fsp3) is 0.211. The molecule has 2 aromatic carbocycles. The maximum atomic E-state index is 11.3. The lowest BCUT2D eigenvalue weighted by atomic mass is 10.2. The molecule has 0 aliphatic heterocycles. The van der Waals surface area contributed by atoms with E-state index >= 15 is 0 Å². The van der Waals surface area contributed by atoms with Crippen LogP contribution in [0.2, 0.25) is 0 Å². The van der Waals surface area contributed by atoms with Crippen LogP contribution in [0.3, 0.4) is 0 Å². The molecule has 0 radical (unpaired) electrons. The van der Waals surface area contributed by atoms with Crippen molar-refractivity contribution >= 4 is 40.3 Å². The van der Waals surface area contributed by atoms with E-state index in [0.29, 0.717) is 12.4 Å². The van der Waals surface area contributed by atoms with Crippen LogP contribution in [-0.4, -0.2) is 37.5 Å². The second-order valence-corrected chi connectivity index (χ2v) is 6.01. The highest BCUT2D eigenvalue weighted by molar-refractivity contribution is 6.29. The number of halogens is 1. The number of anilines is 3. The number of nitrogens with zero attached hydrogens (tertiary/aromatic N) is 3. The molecule has 0 aliphatic rings. The lowest BCUT2D eigenvalue weighted by molar-refractivity contribution is -0.557. The van der Waals surface area contributed by atoms with Gasteiger partial charge in [0.1, 0.15) is 18.7 Å². The third-order valence-corrected chi connectivity index (χ3v) is 3.69. The first kappa shape index (κ1) is 20.4. The van der Waals surface area contributed by atoms with Crippen molar-refractivity contribution in [2.24, 2.45) is 10.2 Å². The van der Waals surface area contributed by atoms with Gasteiger partial charge in [0, 0.05) is 24.1 Å². The molecule has 0 unspecified atom stereocenters. The molecular formula is C19H24ClN6O+. The third-order valence-electron chi connectivity index (χ3n) is 3.45. The Hall–Kier alpha value is -2.90. The Morgan fingerprint density at radius 3 is 2.30 bits per heavy atom. The lowest BCUT2D eigenvalue weighted by Gasteiger charge is -2.09. The van der Waals surface area contributed by atoms with Crippen molar-refractivity contribution in [3.05, 3.63) is 60.9 Å². The molecule has 0 atom stereocenters. The molecule has 142 valence electrons. The molecular weight excluding hydrogens is 364 g/mol. The monoisotopic (exact) mass is 387 g/mol. The van der Waals surface area contributed by atoms with Crippen LogP contribution in [0.15, 0.2) is 71.2 Å². The molecule has 2 rings (SSSR count). The summed E-state index contributed by atoms with van der Waals surface area (Å²) in [6, 6.07) is 15.1. The van der Waals surface area contributed by atoms with Crippen molar-refractivity contribution in [2.45, 2.75) is 0 Å². The highest BCUT2D eigenvalue weighted by Gasteiger charge is 2.00. The number of nitrogens with one attached hydrogen (secondary N) is 2. The number of nitrogens with two attached hydrogens (primary N) is 1. The number of hydrogen-bond donors (Lipinski definition) is 3. The van der Waals surface area contributed by atoms with Crippen molar-refractivity contribution in [2.75, 3.05) is 37.3 Å². The summed E-state index contributed by atoms with van der Waals surface area (Å²) < 4.78 is 0. The first-order chi connectivity index (χ1) is 13.1. The van der Waals surface area contributed by atoms with Crippen LogP contribution in [-0.2, 0) is 4.79 Å². The summed E-state index contributed by atoms with van der Waals surface area (Å²) in [7, 11) is 3.91. The molecule has 8 heteroatoms. The van der Waals surface area contributed by atoms with E-state index in [1.165, 1.54) is 0 Å². The minimum Gasteiger partial charge on any atom is -0.356 e. The van der Waals surface area contributed by atoms with Gasteiger partial charge >= 0.3 is 0 Å². The van der Waals surface area contributed by atoms with E-state index in [2.05, 4.69) is 20.9 Å². The molecule has 27 heavy (non-hydrogen) atoms. The first-order valence-corrected chi connectivity index (χ1v) is 9.01. The minimum absolute atomic E-state index is 0.0615. The molecule has 7 nitrogen and oxygen atoms in total. The zero-order chi connectivity index (χ0) is 19.5. The molecule has 1 amide bonds. The Morgan fingerprint density at radius 1 is 1.11 bits per heavy atom. The van der Waals surface area contributed by atoms with Gasteiger partial charge in [0.15, 0.2) is 0 Å². The Bertz CT molecular complexity index is 774. The van der Waals surface area contributed by atoms with Gasteiger partial charge in [0.05, 0.1) is 18.9 Å². The number of quaternary nitrogens is 1. The van der Waals surface area contributed by atoms with E-state index in [0.717, 1.165) is 17.1 Å². The van der Waals surface area contributed by atoms with Gasteiger partial charge in [-0.2, -0.15) is 10.2 Å². The van der Waals surface area contributed by atoms with E-state index in [-0.39, 0.29) is 11.8 Å². The first-order valence-electron chi connectivity index (χ1n) is 8.47. The zero-order valence-corrected chi connectivity index (χ0v) is 16.1. The standard InChI is InChI=1S/C19H23ClN6O/c1-21-11-12-26(2)14-22-25-18-9-7-16(8-10-18)23-15-3-5-17(6-4-15)24-19(27)13-20/h3-12,21,23H,13-14H2,1-2H3,(H,24,27)/p+1. The second kappa shape index (κ2) is 10.9. The van der Waals surface area contributed by atoms with Gasteiger partial charge in [-0.15, -0.1) is 11.6 Å². The molecule has 0 saturated heterocycles. The number of amides is 1. The average molecular weight is 388 g/mol. The highest BCUT2D eigenvalue weighted by Crippen LogP contribution is 2.22. The van der Waals surface area contributed by atoms with E-state index in [4.69, 9.17) is 11.6 Å². The molecule has 0 heterocycles. The van der Waals surface area contributed by atoms with E-state index in [9.17, 15) is 4.79 Å². The Balaban J connectivity index is 1.88. The van der Waals surface area contributed by atoms with Gasteiger partial charge in [-0.05, 0) is 48.5 Å². The quantitative estimate of drug-likeness (QED) is 0.456. The third kappa shape index (κ3) is 7.47. The van der Waals surface area contributed by atoms with Gasteiger partial charge < -0.3 is 20.9 Å². The number of azo groups is 1. The van der Waals surface area contributed by atoms with Crippen molar-refractivity contribution in [1.82, 2.24) is 4.90 Å². The van der Waals surface area contributed by atoms with Crippen LogP contribution < -0.4 is 16.0 Å². The summed E-state index contributed by atoms with van der Waals surface area (Å²) in [5, 5.41) is 16.3. The predicted molar refractivity (Wildman–Crippen MR) is 110 cm³/mol. The summed E-state index contributed by atoms with van der Waals surface area (Å²) in [6.45, 7) is 0.497. The SMILES string of the molecule is C[NH2+]C=CN(C)CN=Nc1ccc(Nc2ccc(NC(=O)CCl)cc2)cc1. The smallest absolute Gasteiger partial charge is 0.239 e. The average Bonchev–Trinajstić information content (AvgIpc) is 2.69. The second-order valence-electron chi connectivity index (χ2n) is 5.75. The normalized spacial score (nSPS) is 11.1. The number of carbonyl (C=O) groups excluding carboxylic acids is 1. The minimum atomic E-state index is -0.229. The molecule has 0 spiro atoms. The largest absolute Gasteiger partial charge is 0.356 e. The Labute approximate surface area is 164 Å². The molecule has 4 N–H and O–H groups in total. The summed E-state index contributed by atoms with van der Waals surface area (Å²) in [6.07, 6.45) is 3.90. The fourth-order valence-corrected chi connectivity index (χ4v) is 2.17. The van der Waals surface area contributed by atoms with Crippen LogP contribution in [0, 0.1) is 0 Å². The van der Waals surface area contributed by atoms with Gasteiger partial charge in [0.2, 0.25) is 5.91 Å². The molecule has 2 aromatic rings. The van der Waals surface area contributed by atoms with Gasteiger partial charge in [-0.1, -0.05) is 0 Å². The van der Waals surface area contributed by atoms with Crippen LogP contribution in [0.25, 0.3) is 0 Å². The lowest BCUT2D eigenvalue weighted by Crippen LogP contribution is -2.72. The maximum Gasteiger partial charge on any atom is 0.239 e. The maximum absolute atomic E-state index is 11.3. The summed E-state index contributed by atoms with van der Waals surface area (Å²) >= 11 is 5.48. The predicted octanol–water partition coefficient (Wildman–Crippen LogP) is 3.24. The van der Waals surface area contributed by atoms with Crippen LogP contribution in [0.5, 0.6) is 0 Å². The van der Waals surface area contributed by atoms with Gasteiger partial charge in [-0.25, -0.2) is 0 Å². The molecule has 0 aromatic heterocycles. The topological polar surface area (TPSA) is 85.7 Å².